The third-order valence-electron chi connectivity index (χ3n) is 3.94. The molecule has 0 bridgehead atoms. The Labute approximate surface area is 167 Å². The number of nitrogens with one attached hydrogen (secondary N) is 1. The molecule has 1 aromatic heterocycles. The standard InChI is InChI=1S/C21H21N3O3S/c1-2-6-19(26)22-17-11-9-16(10-12-17)18(25)14-28-21-24-23-20(27-21)13-15-7-4-3-5-8-15/h3-5,7-12H,2,6,13-14H2,1H3,(H,22,26). The van der Waals surface area contributed by atoms with Crippen molar-refractivity contribution >= 4 is 29.1 Å². The summed E-state index contributed by atoms with van der Waals surface area (Å²) in [6.07, 6.45) is 1.84. The van der Waals surface area contributed by atoms with Crippen LogP contribution in [0.15, 0.2) is 64.2 Å². The minimum Gasteiger partial charge on any atom is -0.416 e. The molecule has 0 radical (unpaired) electrons. The lowest BCUT2D eigenvalue weighted by Gasteiger charge is -2.05. The number of benzene rings is 2. The molecule has 1 heterocycles. The SMILES string of the molecule is CCCC(=O)Nc1ccc(C(=O)CSc2nnc(Cc3ccccc3)o2)cc1. The molecule has 1 N–H and O–H groups in total. The third kappa shape index (κ3) is 5.79. The van der Waals surface area contributed by atoms with Crippen molar-refractivity contribution in [2.24, 2.45) is 0 Å². The van der Waals surface area contributed by atoms with E-state index in [1.807, 2.05) is 37.3 Å². The van der Waals surface area contributed by atoms with E-state index in [2.05, 4.69) is 15.5 Å². The lowest BCUT2D eigenvalue weighted by atomic mass is 10.1. The predicted molar refractivity (Wildman–Crippen MR) is 109 cm³/mol. The van der Waals surface area contributed by atoms with Crippen molar-refractivity contribution in [1.82, 2.24) is 10.2 Å². The number of carbonyl (C=O) groups excluding carboxylic acids is 2. The van der Waals surface area contributed by atoms with Crippen LogP contribution in [-0.4, -0.2) is 27.6 Å². The molecule has 2 aromatic carbocycles. The fraction of sp³-hybridized carbons (Fsp3) is 0.238. The van der Waals surface area contributed by atoms with Gasteiger partial charge in [-0.25, -0.2) is 0 Å². The maximum absolute atomic E-state index is 12.4. The van der Waals surface area contributed by atoms with E-state index < -0.39 is 0 Å². The molecule has 3 aromatic rings. The zero-order valence-electron chi connectivity index (χ0n) is 15.6. The van der Waals surface area contributed by atoms with E-state index in [0.717, 1.165) is 12.0 Å². The first kappa shape index (κ1) is 19.8. The summed E-state index contributed by atoms with van der Waals surface area (Å²) in [6, 6.07) is 16.7. The van der Waals surface area contributed by atoms with Gasteiger partial charge in [-0.15, -0.1) is 10.2 Å². The number of aromatic nitrogens is 2. The van der Waals surface area contributed by atoms with Gasteiger partial charge in [0.15, 0.2) is 5.78 Å². The first-order valence-electron chi connectivity index (χ1n) is 9.06. The summed E-state index contributed by atoms with van der Waals surface area (Å²) in [6.45, 7) is 1.95. The summed E-state index contributed by atoms with van der Waals surface area (Å²) < 4.78 is 5.60. The summed E-state index contributed by atoms with van der Waals surface area (Å²) in [7, 11) is 0. The van der Waals surface area contributed by atoms with Crippen LogP contribution >= 0.6 is 11.8 Å². The smallest absolute Gasteiger partial charge is 0.277 e. The molecule has 3 rings (SSSR count). The molecule has 0 saturated carbocycles. The number of carbonyl (C=O) groups is 2. The molecule has 0 aliphatic heterocycles. The number of Topliss-reactive ketones (excluding diaryl/α,β-unsaturated/α-hetero) is 1. The van der Waals surface area contributed by atoms with Crippen LogP contribution in [0.5, 0.6) is 0 Å². The van der Waals surface area contributed by atoms with Crippen LogP contribution in [-0.2, 0) is 11.2 Å². The van der Waals surface area contributed by atoms with E-state index in [9.17, 15) is 9.59 Å². The highest BCUT2D eigenvalue weighted by molar-refractivity contribution is 7.99. The lowest BCUT2D eigenvalue weighted by molar-refractivity contribution is -0.116. The second kappa shape index (κ2) is 9.85. The lowest BCUT2D eigenvalue weighted by Crippen LogP contribution is -2.10. The zero-order valence-corrected chi connectivity index (χ0v) is 16.4. The van der Waals surface area contributed by atoms with Gasteiger partial charge in [0.25, 0.3) is 5.22 Å². The molecule has 0 spiro atoms. The van der Waals surface area contributed by atoms with Gasteiger partial charge in [0, 0.05) is 17.7 Å². The van der Waals surface area contributed by atoms with Crippen LogP contribution in [0.3, 0.4) is 0 Å². The summed E-state index contributed by atoms with van der Waals surface area (Å²) in [5, 5.41) is 11.2. The molecule has 0 aliphatic carbocycles. The van der Waals surface area contributed by atoms with Crippen molar-refractivity contribution in [1.29, 1.82) is 0 Å². The van der Waals surface area contributed by atoms with Crippen LogP contribution in [0.4, 0.5) is 5.69 Å². The van der Waals surface area contributed by atoms with Crippen molar-refractivity contribution in [3.63, 3.8) is 0 Å². The van der Waals surface area contributed by atoms with Crippen LogP contribution in [0.25, 0.3) is 0 Å². The Balaban J connectivity index is 1.51. The van der Waals surface area contributed by atoms with Crippen LogP contribution in [0, 0.1) is 0 Å². The number of hydrogen-bond acceptors (Lipinski definition) is 6. The Hall–Kier alpha value is -2.93. The molecular formula is C21H21N3O3S. The van der Waals surface area contributed by atoms with Gasteiger partial charge in [0.2, 0.25) is 11.8 Å². The van der Waals surface area contributed by atoms with Crippen LogP contribution in [0.2, 0.25) is 0 Å². The van der Waals surface area contributed by atoms with Gasteiger partial charge in [-0.1, -0.05) is 49.0 Å². The first-order valence-corrected chi connectivity index (χ1v) is 10.0. The average molecular weight is 395 g/mol. The minimum atomic E-state index is -0.0424. The molecule has 0 aliphatic rings. The van der Waals surface area contributed by atoms with Crippen LogP contribution in [0.1, 0.15) is 41.6 Å². The average Bonchev–Trinajstić information content (AvgIpc) is 3.15. The maximum atomic E-state index is 12.4. The van der Waals surface area contributed by atoms with Gasteiger partial charge in [-0.3, -0.25) is 9.59 Å². The van der Waals surface area contributed by atoms with Crippen molar-refractivity contribution in [2.75, 3.05) is 11.1 Å². The highest BCUT2D eigenvalue weighted by Crippen LogP contribution is 2.20. The molecular weight excluding hydrogens is 374 g/mol. The summed E-state index contributed by atoms with van der Waals surface area (Å²) in [4.78, 5) is 24.0. The molecule has 0 fully saturated rings. The van der Waals surface area contributed by atoms with Crippen molar-refractivity contribution in [3.8, 4) is 0 Å². The topological polar surface area (TPSA) is 85.1 Å². The van der Waals surface area contributed by atoms with Gasteiger partial charge in [0.1, 0.15) is 0 Å². The Morgan fingerprint density at radius 2 is 1.79 bits per heavy atom. The van der Waals surface area contributed by atoms with Gasteiger partial charge in [-0.2, -0.15) is 0 Å². The minimum absolute atomic E-state index is 0.0279. The largest absolute Gasteiger partial charge is 0.416 e. The number of hydrogen-bond donors (Lipinski definition) is 1. The van der Waals surface area contributed by atoms with Crippen LogP contribution < -0.4 is 5.32 Å². The Bertz CT molecular complexity index is 924. The molecule has 28 heavy (non-hydrogen) atoms. The van der Waals surface area contributed by atoms with E-state index >= 15 is 0 Å². The normalized spacial score (nSPS) is 10.6. The predicted octanol–water partition coefficient (Wildman–Crippen LogP) is 4.37. The Kier molecular flexibility index (Phi) is 6.97. The van der Waals surface area contributed by atoms with E-state index in [-0.39, 0.29) is 17.4 Å². The molecule has 1 amide bonds. The molecule has 144 valence electrons. The Morgan fingerprint density at radius 1 is 1.04 bits per heavy atom. The van der Waals surface area contributed by atoms with Crippen molar-refractivity contribution in [2.45, 2.75) is 31.4 Å². The summed E-state index contributed by atoms with van der Waals surface area (Å²) in [5.74, 6) is 0.654. The number of nitrogens with zero attached hydrogens (tertiary/aromatic N) is 2. The fourth-order valence-electron chi connectivity index (χ4n) is 2.54. The first-order chi connectivity index (χ1) is 13.6. The molecule has 6 nitrogen and oxygen atoms in total. The second-order valence-corrected chi connectivity index (χ2v) is 7.14. The number of amides is 1. The van der Waals surface area contributed by atoms with E-state index in [4.69, 9.17) is 4.42 Å². The highest BCUT2D eigenvalue weighted by atomic mass is 32.2. The third-order valence-corrected chi connectivity index (χ3v) is 4.76. The van der Waals surface area contributed by atoms with Crippen molar-refractivity contribution in [3.05, 3.63) is 71.6 Å². The molecule has 0 saturated heterocycles. The number of rotatable bonds is 9. The maximum Gasteiger partial charge on any atom is 0.277 e. The molecule has 0 unspecified atom stereocenters. The number of anilines is 1. The van der Waals surface area contributed by atoms with Crippen molar-refractivity contribution < 1.29 is 14.0 Å². The highest BCUT2D eigenvalue weighted by Gasteiger charge is 2.12. The monoisotopic (exact) mass is 395 g/mol. The summed E-state index contributed by atoms with van der Waals surface area (Å²) >= 11 is 1.22. The quantitative estimate of drug-likeness (QED) is 0.428. The summed E-state index contributed by atoms with van der Waals surface area (Å²) in [5.41, 5.74) is 2.35. The van der Waals surface area contributed by atoms with E-state index in [1.165, 1.54) is 11.8 Å². The van der Waals surface area contributed by atoms with Gasteiger partial charge in [0.05, 0.1) is 12.2 Å². The molecule has 7 heteroatoms. The van der Waals surface area contributed by atoms with E-state index in [0.29, 0.717) is 35.2 Å². The zero-order chi connectivity index (χ0) is 19.8. The van der Waals surface area contributed by atoms with E-state index in [1.54, 1.807) is 24.3 Å². The fourth-order valence-corrected chi connectivity index (χ4v) is 3.21. The number of ketones is 1. The Morgan fingerprint density at radius 3 is 2.50 bits per heavy atom. The molecule has 0 atom stereocenters. The second-order valence-electron chi connectivity index (χ2n) is 6.21. The van der Waals surface area contributed by atoms with Gasteiger partial charge >= 0.3 is 0 Å². The van der Waals surface area contributed by atoms with Gasteiger partial charge < -0.3 is 9.73 Å². The van der Waals surface area contributed by atoms with Gasteiger partial charge in [-0.05, 0) is 36.2 Å². The number of thioether (sulfide) groups is 1.